The van der Waals surface area contributed by atoms with Crippen molar-refractivity contribution in [1.29, 1.82) is 0 Å². The smallest absolute Gasteiger partial charge is 0.264 e. The molecular formula is C30H30N4O6S. The molecule has 0 bridgehead atoms. The van der Waals surface area contributed by atoms with Crippen molar-refractivity contribution in [3.8, 4) is 5.75 Å². The molecule has 212 valence electrons. The molecule has 0 aliphatic rings. The second-order valence-corrected chi connectivity index (χ2v) is 10.7. The van der Waals surface area contributed by atoms with E-state index in [2.05, 4.69) is 15.8 Å². The van der Waals surface area contributed by atoms with Crippen molar-refractivity contribution < 1.29 is 27.2 Å². The molecule has 2 amide bonds. The van der Waals surface area contributed by atoms with Gasteiger partial charge in [0.05, 0.1) is 29.6 Å². The van der Waals surface area contributed by atoms with E-state index < -0.39 is 22.5 Å². The maximum Gasteiger partial charge on any atom is 0.264 e. The van der Waals surface area contributed by atoms with Crippen molar-refractivity contribution in [2.45, 2.75) is 24.8 Å². The number of carbonyl (C=O) groups is 2. The number of anilines is 1. The van der Waals surface area contributed by atoms with Gasteiger partial charge in [0.2, 0.25) is 0 Å². The average Bonchev–Trinajstić information content (AvgIpc) is 3.53. The number of ether oxygens (including phenoxy) is 1. The average molecular weight is 575 g/mol. The van der Waals surface area contributed by atoms with Gasteiger partial charge in [0.25, 0.3) is 21.8 Å². The maximum atomic E-state index is 13.4. The molecule has 0 saturated carbocycles. The molecule has 0 radical (unpaired) electrons. The second kappa shape index (κ2) is 13.9. The van der Waals surface area contributed by atoms with Crippen LogP contribution >= 0.6 is 0 Å². The summed E-state index contributed by atoms with van der Waals surface area (Å²) in [6.45, 7) is 1.66. The lowest BCUT2D eigenvalue weighted by molar-refractivity contribution is -0.123. The first kappa shape index (κ1) is 29.1. The highest BCUT2D eigenvalue weighted by atomic mass is 32.2. The van der Waals surface area contributed by atoms with Crippen LogP contribution in [0.1, 0.15) is 23.8 Å². The zero-order valence-corrected chi connectivity index (χ0v) is 23.2. The van der Waals surface area contributed by atoms with Gasteiger partial charge in [-0.2, -0.15) is 5.10 Å². The summed E-state index contributed by atoms with van der Waals surface area (Å²) in [5, 5.41) is 6.66. The van der Waals surface area contributed by atoms with Gasteiger partial charge in [-0.15, -0.1) is 0 Å². The van der Waals surface area contributed by atoms with Gasteiger partial charge in [-0.25, -0.2) is 13.8 Å². The Morgan fingerprint density at radius 1 is 0.927 bits per heavy atom. The van der Waals surface area contributed by atoms with E-state index in [-0.39, 0.29) is 24.0 Å². The zero-order valence-electron chi connectivity index (χ0n) is 22.4. The fraction of sp³-hybridized carbons (Fsp3) is 0.167. The Morgan fingerprint density at radius 3 is 2.32 bits per heavy atom. The first-order valence-corrected chi connectivity index (χ1v) is 14.3. The van der Waals surface area contributed by atoms with Crippen molar-refractivity contribution in [3.05, 3.63) is 114 Å². The summed E-state index contributed by atoms with van der Waals surface area (Å²) in [6, 6.07) is 25.2. The third-order valence-corrected chi connectivity index (χ3v) is 7.73. The zero-order chi connectivity index (χ0) is 29.1. The van der Waals surface area contributed by atoms with Crippen LogP contribution in [0.25, 0.3) is 0 Å². The number of carbonyl (C=O) groups excluding carboxylic acids is 2. The Kier molecular flexibility index (Phi) is 9.89. The van der Waals surface area contributed by atoms with Crippen LogP contribution in [0, 0.1) is 0 Å². The molecule has 0 atom stereocenters. The lowest BCUT2D eigenvalue weighted by atomic mass is 10.1. The Bertz CT molecular complexity index is 1550. The van der Waals surface area contributed by atoms with Crippen LogP contribution in [0.3, 0.4) is 0 Å². The monoisotopic (exact) mass is 574 g/mol. The summed E-state index contributed by atoms with van der Waals surface area (Å²) >= 11 is 0. The molecule has 4 rings (SSSR count). The lowest BCUT2D eigenvalue weighted by Gasteiger charge is -2.24. The summed E-state index contributed by atoms with van der Waals surface area (Å²) in [7, 11) is -4.00. The number of hydrazone groups is 1. The summed E-state index contributed by atoms with van der Waals surface area (Å²) < 4.78 is 38.5. The fourth-order valence-corrected chi connectivity index (χ4v) is 5.17. The van der Waals surface area contributed by atoms with Gasteiger partial charge in [-0.05, 0) is 78.2 Å². The SMILES string of the molecule is CCc1ccc(N(CC(=O)N/N=C\c2ccc(OCC(=O)NCc3ccco3)cc2)S(=O)(=O)c2ccccc2)cc1. The summed E-state index contributed by atoms with van der Waals surface area (Å²) in [4.78, 5) is 24.8. The second-order valence-electron chi connectivity index (χ2n) is 8.85. The third-order valence-electron chi connectivity index (χ3n) is 5.94. The minimum absolute atomic E-state index is 0.0770. The van der Waals surface area contributed by atoms with Crippen LogP contribution in [-0.2, 0) is 32.6 Å². The van der Waals surface area contributed by atoms with Gasteiger partial charge in [0.1, 0.15) is 18.1 Å². The lowest BCUT2D eigenvalue weighted by Crippen LogP contribution is -2.39. The maximum absolute atomic E-state index is 13.4. The number of amides is 2. The molecule has 4 aromatic rings. The predicted octanol–water partition coefficient (Wildman–Crippen LogP) is 3.88. The molecule has 1 aromatic heterocycles. The molecule has 0 saturated heterocycles. The number of furan rings is 1. The minimum atomic E-state index is -4.00. The minimum Gasteiger partial charge on any atom is -0.484 e. The largest absolute Gasteiger partial charge is 0.484 e. The van der Waals surface area contributed by atoms with Crippen LogP contribution in [-0.4, -0.2) is 39.6 Å². The Morgan fingerprint density at radius 2 is 1.66 bits per heavy atom. The first-order valence-electron chi connectivity index (χ1n) is 12.9. The molecule has 1 heterocycles. The molecule has 0 unspecified atom stereocenters. The predicted molar refractivity (Wildman–Crippen MR) is 155 cm³/mol. The Balaban J connectivity index is 1.33. The molecule has 0 aliphatic heterocycles. The summed E-state index contributed by atoms with van der Waals surface area (Å²) in [5.74, 6) is 0.223. The molecule has 0 fully saturated rings. The van der Waals surface area contributed by atoms with Crippen LogP contribution in [0.15, 0.2) is 112 Å². The van der Waals surface area contributed by atoms with Gasteiger partial charge in [-0.1, -0.05) is 37.3 Å². The van der Waals surface area contributed by atoms with E-state index in [1.807, 2.05) is 19.1 Å². The van der Waals surface area contributed by atoms with Crippen LogP contribution in [0.4, 0.5) is 5.69 Å². The van der Waals surface area contributed by atoms with E-state index in [1.165, 1.54) is 24.6 Å². The van der Waals surface area contributed by atoms with Gasteiger partial charge in [0, 0.05) is 0 Å². The quantitative estimate of drug-likeness (QED) is 0.184. The van der Waals surface area contributed by atoms with Crippen molar-refractivity contribution in [1.82, 2.24) is 10.7 Å². The van der Waals surface area contributed by atoms with E-state index in [0.717, 1.165) is 16.3 Å². The number of nitrogens with one attached hydrogen (secondary N) is 2. The van der Waals surface area contributed by atoms with E-state index >= 15 is 0 Å². The molecule has 41 heavy (non-hydrogen) atoms. The standard InChI is InChI=1S/C30H30N4O6S/c1-2-23-10-14-25(15-11-23)34(41(37,38)28-8-4-3-5-9-28)21-29(35)33-32-19-24-12-16-26(17-13-24)40-22-30(36)31-20-27-7-6-18-39-27/h3-19H,2,20-22H2,1H3,(H,31,36)(H,33,35)/b32-19-. The van der Waals surface area contributed by atoms with Crippen molar-refractivity contribution in [3.63, 3.8) is 0 Å². The Hall–Kier alpha value is -4.90. The van der Waals surface area contributed by atoms with Gasteiger partial charge in [-0.3, -0.25) is 13.9 Å². The number of sulfonamides is 1. The van der Waals surface area contributed by atoms with Crippen molar-refractivity contribution in [2.75, 3.05) is 17.5 Å². The summed E-state index contributed by atoms with van der Waals surface area (Å²) in [6.07, 6.45) is 3.76. The van der Waals surface area contributed by atoms with Crippen LogP contribution < -0.4 is 19.8 Å². The highest BCUT2D eigenvalue weighted by molar-refractivity contribution is 7.92. The number of hydrogen-bond acceptors (Lipinski definition) is 7. The van der Waals surface area contributed by atoms with E-state index in [9.17, 15) is 18.0 Å². The molecule has 3 aromatic carbocycles. The van der Waals surface area contributed by atoms with Crippen LogP contribution in [0.5, 0.6) is 5.75 Å². The highest BCUT2D eigenvalue weighted by Gasteiger charge is 2.27. The number of rotatable bonds is 13. The summed E-state index contributed by atoms with van der Waals surface area (Å²) in [5.41, 5.74) is 4.46. The molecule has 10 nitrogen and oxygen atoms in total. The van der Waals surface area contributed by atoms with Crippen molar-refractivity contribution >= 4 is 33.7 Å². The van der Waals surface area contributed by atoms with Crippen LogP contribution in [0.2, 0.25) is 0 Å². The molecule has 2 N–H and O–H groups in total. The van der Waals surface area contributed by atoms with E-state index in [1.54, 1.807) is 66.7 Å². The number of nitrogens with zero attached hydrogens (tertiary/aromatic N) is 2. The van der Waals surface area contributed by atoms with Crippen molar-refractivity contribution in [2.24, 2.45) is 5.10 Å². The third kappa shape index (κ3) is 8.29. The van der Waals surface area contributed by atoms with Gasteiger partial charge < -0.3 is 14.5 Å². The topological polar surface area (TPSA) is 130 Å². The Labute approximate surface area is 238 Å². The molecular weight excluding hydrogens is 544 g/mol. The molecule has 11 heteroatoms. The van der Waals surface area contributed by atoms with E-state index in [0.29, 0.717) is 22.8 Å². The normalized spacial score (nSPS) is 11.2. The first-order chi connectivity index (χ1) is 19.8. The van der Waals surface area contributed by atoms with Gasteiger partial charge in [0.15, 0.2) is 6.61 Å². The van der Waals surface area contributed by atoms with E-state index in [4.69, 9.17) is 9.15 Å². The van der Waals surface area contributed by atoms with Gasteiger partial charge >= 0.3 is 0 Å². The fourth-order valence-electron chi connectivity index (χ4n) is 3.73. The molecule has 0 aliphatic carbocycles. The molecule has 0 spiro atoms. The number of hydrogen-bond donors (Lipinski definition) is 2. The number of benzene rings is 3. The number of aryl methyl sites for hydroxylation is 1. The highest BCUT2D eigenvalue weighted by Crippen LogP contribution is 2.24.